The Morgan fingerprint density at radius 2 is 1.89 bits per heavy atom. The smallest absolute Gasteiger partial charge is 0.273 e. The van der Waals surface area contributed by atoms with Crippen LogP contribution in [0.25, 0.3) is 11.3 Å². The van der Waals surface area contributed by atoms with Crippen LogP contribution in [0.3, 0.4) is 0 Å². The molecule has 1 aliphatic heterocycles. The van der Waals surface area contributed by atoms with Gasteiger partial charge in [-0.15, -0.1) is 12.4 Å². The van der Waals surface area contributed by atoms with E-state index in [0.717, 1.165) is 16.7 Å². The van der Waals surface area contributed by atoms with Gasteiger partial charge < -0.3 is 14.7 Å². The maximum absolute atomic E-state index is 13.0. The van der Waals surface area contributed by atoms with Crippen LogP contribution in [0.4, 0.5) is 0 Å². The lowest BCUT2D eigenvalue weighted by molar-refractivity contribution is 0.0677. The number of hydrogen-bond acceptors (Lipinski definition) is 4. The van der Waals surface area contributed by atoms with Crippen molar-refractivity contribution in [2.24, 2.45) is 0 Å². The average molecular weight is 400 g/mol. The molecule has 1 amide bonds. The molecule has 4 rings (SSSR count). The molecule has 0 fully saturated rings. The number of aromatic amines is 1. The minimum atomic E-state index is -0.281. The third-order valence-corrected chi connectivity index (χ3v) is 4.95. The summed E-state index contributed by atoms with van der Waals surface area (Å²) in [6.07, 6.45) is 0. The number of methoxy groups -OCH3 is 1. The molecule has 0 radical (unpaired) electrons. The van der Waals surface area contributed by atoms with Gasteiger partial charge in [0.05, 0.1) is 12.6 Å². The second-order valence-corrected chi connectivity index (χ2v) is 6.68. The van der Waals surface area contributed by atoms with Crippen molar-refractivity contribution in [3.8, 4) is 17.0 Å². The summed E-state index contributed by atoms with van der Waals surface area (Å²) in [5, 5.41) is 17.6. The molecule has 2 N–H and O–H groups in total. The van der Waals surface area contributed by atoms with Crippen LogP contribution in [-0.2, 0) is 4.74 Å². The third-order valence-electron chi connectivity index (χ3n) is 4.95. The third kappa shape index (κ3) is 3.25. The first-order valence-corrected chi connectivity index (χ1v) is 8.85. The fourth-order valence-electron chi connectivity index (χ4n) is 3.59. The van der Waals surface area contributed by atoms with E-state index in [-0.39, 0.29) is 30.1 Å². The van der Waals surface area contributed by atoms with Gasteiger partial charge in [-0.25, -0.2) is 0 Å². The van der Waals surface area contributed by atoms with E-state index in [0.29, 0.717) is 30.1 Å². The molecule has 1 aromatic heterocycles. The number of phenolic OH excluding ortho intramolecular Hbond substituents is 1. The zero-order valence-corrected chi connectivity index (χ0v) is 16.5. The number of para-hydroxylation sites is 1. The summed E-state index contributed by atoms with van der Waals surface area (Å²) >= 11 is 0. The Hall–Kier alpha value is -2.83. The minimum Gasteiger partial charge on any atom is -0.507 e. The molecule has 0 spiro atoms. The number of fused-ring (bicyclic) bond motifs is 1. The van der Waals surface area contributed by atoms with Gasteiger partial charge in [-0.3, -0.25) is 9.89 Å². The van der Waals surface area contributed by atoms with Gasteiger partial charge in [0, 0.05) is 24.8 Å². The number of phenols is 1. The first-order chi connectivity index (χ1) is 13.1. The van der Waals surface area contributed by atoms with Crippen LogP contribution in [0.1, 0.15) is 33.2 Å². The van der Waals surface area contributed by atoms with Crippen molar-refractivity contribution in [3.05, 3.63) is 70.9 Å². The first kappa shape index (κ1) is 19.9. The number of aromatic hydroxyl groups is 1. The molecule has 146 valence electrons. The number of carbonyl (C=O) groups excluding carboxylic acids is 1. The number of nitrogens with zero attached hydrogens (tertiary/aromatic N) is 2. The molecule has 28 heavy (non-hydrogen) atoms. The highest BCUT2D eigenvalue weighted by Crippen LogP contribution is 2.44. The van der Waals surface area contributed by atoms with Crippen molar-refractivity contribution in [1.29, 1.82) is 0 Å². The van der Waals surface area contributed by atoms with Gasteiger partial charge in [0.1, 0.15) is 17.1 Å². The van der Waals surface area contributed by atoms with Gasteiger partial charge in [-0.2, -0.15) is 5.10 Å². The Kier molecular flexibility index (Phi) is 5.72. The largest absolute Gasteiger partial charge is 0.507 e. The summed E-state index contributed by atoms with van der Waals surface area (Å²) < 4.78 is 5.21. The number of aryl methyl sites for hydroxylation is 1. The number of benzene rings is 2. The van der Waals surface area contributed by atoms with Gasteiger partial charge in [-0.1, -0.05) is 42.0 Å². The summed E-state index contributed by atoms with van der Waals surface area (Å²) in [5.74, 6) is 0.0269. The van der Waals surface area contributed by atoms with Gasteiger partial charge in [0.25, 0.3) is 5.91 Å². The number of nitrogens with one attached hydrogen (secondary N) is 1. The Bertz CT molecular complexity index is 985. The Balaban J connectivity index is 0.00000225. The summed E-state index contributed by atoms with van der Waals surface area (Å²) in [6.45, 7) is 2.94. The maximum Gasteiger partial charge on any atom is 0.273 e. The summed E-state index contributed by atoms with van der Waals surface area (Å²) in [6, 6.07) is 14.9. The number of H-pyrrole nitrogens is 1. The maximum atomic E-state index is 13.0. The molecule has 3 aromatic rings. The molecule has 0 bridgehead atoms. The normalized spacial score (nSPS) is 15.4. The van der Waals surface area contributed by atoms with Crippen molar-refractivity contribution in [2.45, 2.75) is 13.0 Å². The lowest BCUT2D eigenvalue weighted by Gasteiger charge is -2.26. The zero-order valence-electron chi connectivity index (χ0n) is 15.7. The lowest BCUT2D eigenvalue weighted by atomic mass is 9.95. The van der Waals surface area contributed by atoms with E-state index in [9.17, 15) is 9.90 Å². The van der Waals surface area contributed by atoms with Crippen LogP contribution in [0, 0.1) is 6.92 Å². The summed E-state index contributed by atoms with van der Waals surface area (Å²) in [5.41, 5.74) is 4.62. The fraction of sp³-hybridized carbons (Fsp3) is 0.238. The molecular formula is C21H22ClN3O3. The summed E-state index contributed by atoms with van der Waals surface area (Å²) in [7, 11) is 1.62. The Morgan fingerprint density at radius 3 is 2.57 bits per heavy atom. The van der Waals surface area contributed by atoms with Crippen LogP contribution in [0.5, 0.6) is 5.75 Å². The lowest BCUT2D eigenvalue weighted by Crippen LogP contribution is -2.32. The molecule has 0 saturated heterocycles. The molecule has 7 heteroatoms. The average Bonchev–Trinajstić information content (AvgIpc) is 3.21. The summed E-state index contributed by atoms with van der Waals surface area (Å²) in [4.78, 5) is 14.8. The molecule has 1 unspecified atom stereocenters. The number of ether oxygens (including phenoxy) is 1. The molecule has 2 aromatic carbocycles. The van der Waals surface area contributed by atoms with Crippen LogP contribution in [-0.4, -0.2) is 46.4 Å². The van der Waals surface area contributed by atoms with Crippen LogP contribution in [0.2, 0.25) is 0 Å². The number of aromatic nitrogens is 2. The van der Waals surface area contributed by atoms with Gasteiger partial charge in [0.2, 0.25) is 0 Å². The SMILES string of the molecule is COCCN1C(=O)c2[nH]nc(-c3ccccc3O)c2C1c1ccc(C)cc1.Cl. The highest BCUT2D eigenvalue weighted by molar-refractivity contribution is 6.00. The van der Waals surface area contributed by atoms with Crippen molar-refractivity contribution in [1.82, 2.24) is 15.1 Å². The van der Waals surface area contributed by atoms with E-state index in [4.69, 9.17) is 4.74 Å². The van der Waals surface area contributed by atoms with Crippen molar-refractivity contribution in [3.63, 3.8) is 0 Å². The van der Waals surface area contributed by atoms with Crippen LogP contribution >= 0.6 is 12.4 Å². The first-order valence-electron chi connectivity index (χ1n) is 8.85. The van der Waals surface area contributed by atoms with Crippen molar-refractivity contribution < 1.29 is 14.6 Å². The second kappa shape index (κ2) is 8.04. The van der Waals surface area contributed by atoms with E-state index < -0.39 is 0 Å². The number of halogens is 1. The number of amides is 1. The van der Waals surface area contributed by atoms with E-state index in [2.05, 4.69) is 10.2 Å². The molecule has 6 nitrogen and oxygen atoms in total. The molecule has 1 atom stereocenters. The van der Waals surface area contributed by atoms with Crippen LogP contribution < -0.4 is 0 Å². The molecular weight excluding hydrogens is 378 g/mol. The van der Waals surface area contributed by atoms with Crippen molar-refractivity contribution >= 4 is 18.3 Å². The molecule has 0 aliphatic carbocycles. The van der Waals surface area contributed by atoms with E-state index >= 15 is 0 Å². The number of hydrogen-bond donors (Lipinski definition) is 2. The zero-order chi connectivity index (χ0) is 19.0. The predicted octanol–water partition coefficient (Wildman–Crippen LogP) is 3.70. The van der Waals surface area contributed by atoms with Crippen molar-refractivity contribution in [2.75, 3.05) is 20.3 Å². The van der Waals surface area contributed by atoms with E-state index in [1.165, 1.54) is 0 Å². The number of rotatable bonds is 5. The molecule has 1 aliphatic rings. The fourth-order valence-corrected chi connectivity index (χ4v) is 3.59. The molecule has 2 heterocycles. The monoisotopic (exact) mass is 399 g/mol. The van der Waals surface area contributed by atoms with E-state index in [1.807, 2.05) is 37.3 Å². The highest BCUT2D eigenvalue weighted by atomic mass is 35.5. The standard InChI is InChI=1S/C21H21N3O3.ClH/c1-13-7-9-14(10-8-13)20-17-18(15-5-3-4-6-16(15)25)22-23-19(17)21(26)24(20)11-12-27-2;/h3-10,20,25H,11-12H2,1-2H3,(H,22,23);1H. The molecule has 0 saturated carbocycles. The van der Waals surface area contributed by atoms with Gasteiger partial charge in [-0.05, 0) is 24.6 Å². The Labute approximate surface area is 169 Å². The highest BCUT2D eigenvalue weighted by Gasteiger charge is 2.42. The van der Waals surface area contributed by atoms with Crippen LogP contribution in [0.15, 0.2) is 48.5 Å². The topological polar surface area (TPSA) is 78.5 Å². The van der Waals surface area contributed by atoms with Gasteiger partial charge in [0.15, 0.2) is 0 Å². The number of carbonyl (C=O) groups is 1. The predicted molar refractivity (Wildman–Crippen MR) is 109 cm³/mol. The minimum absolute atomic E-state index is 0. The van der Waals surface area contributed by atoms with Gasteiger partial charge >= 0.3 is 0 Å². The van der Waals surface area contributed by atoms with E-state index in [1.54, 1.807) is 30.2 Å². The Morgan fingerprint density at radius 1 is 1.18 bits per heavy atom. The quantitative estimate of drug-likeness (QED) is 0.685. The second-order valence-electron chi connectivity index (χ2n) is 6.68.